The Bertz CT molecular complexity index is 957. The van der Waals surface area contributed by atoms with Gasteiger partial charge in [-0.3, -0.25) is 4.79 Å². The molecule has 124 valence electrons. The molecule has 6 heteroatoms. The van der Waals surface area contributed by atoms with E-state index in [-0.39, 0.29) is 5.91 Å². The van der Waals surface area contributed by atoms with Crippen LogP contribution in [-0.2, 0) is 7.05 Å². The number of rotatable bonds is 4. The van der Waals surface area contributed by atoms with Crippen molar-refractivity contribution in [1.29, 1.82) is 0 Å². The molecular weight excluding hydrogens is 340 g/mol. The van der Waals surface area contributed by atoms with Crippen molar-refractivity contribution >= 4 is 39.2 Å². The zero-order valence-electron chi connectivity index (χ0n) is 13.8. The van der Waals surface area contributed by atoms with Crippen molar-refractivity contribution in [2.24, 2.45) is 12.0 Å². The molecule has 24 heavy (non-hydrogen) atoms. The quantitative estimate of drug-likeness (QED) is 0.660. The third kappa shape index (κ3) is 3.25. The van der Waals surface area contributed by atoms with Crippen LogP contribution in [0.3, 0.4) is 0 Å². The van der Waals surface area contributed by atoms with Gasteiger partial charge in [-0.05, 0) is 43.5 Å². The van der Waals surface area contributed by atoms with E-state index >= 15 is 0 Å². The van der Waals surface area contributed by atoms with E-state index in [1.807, 2.05) is 67.3 Å². The molecule has 0 aliphatic heterocycles. The van der Waals surface area contributed by atoms with Gasteiger partial charge in [0.1, 0.15) is 5.75 Å². The number of thioether (sulfide) groups is 1. The molecule has 1 amide bonds. The molecule has 0 aliphatic rings. The number of fused-ring (bicyclic) bond motifs is 1. The number of aromatic nitrogens is 1. The summed E-state index contributed by atoms with van der Waals surface area (Å²) >= 11 is 3.04. The van der Waals surface area contributed by atoms with E-state index in [2.05, 4.69) is 4.99 Å². The highest BCUT2D eigenvalue weighted by molar-refractivity contribution is 7.98. The van der Waals surface area contributed by atoms with Gasteiger partial charge in [-0.15, -0.1) is 11.8 Å². The Morgan fingerprint density at radius 2 is 2.08 bits per heavy atom. The summed E-state index contributed by atoms with van der Waals surface area (Å²) in [7, 11) is 1.92. The van der Waals surface area contributed by atoms with Crippen molar-refractivity contribution in [3.8, 4) is 5.75 Å². The second kappa shape index (κ2) is 7.23. The molecule has 0 spiro atoms. The molecule has 2 aromatic carbocycles. The van der Waals surface area contributed by atoms with Crippen LogP contribution in [0.1, 0.15) is 17.3 Å². The third-order valence-corrected chi connectivity index (χ3v) is 5.52. The Kier molecular flexibility index (Phi) is 5.06. The van der Waals surface area contributed by atoms with Crippen LogP contribution in [0.5, 0.6) is 5.75 Å². The molecule has 0 unspecified atom stereocenters. The van der Waals surface area contributed by atoms with Crippen molar-refractivity contribution in [3.05, 3.63) is 52.8 Å². The Morgan fingerprint density at radius 1 is 1.29 bits per heavy atom. The third-order valence-electron chi connectivity index (χ3n) is 3.63. The lowest BCUT2D eigenvalue weighted by atomic mass is 10.2. The number of carbonyl (C=O) groups excluding carboxylic acids is 1. The van der Waals surface area contributed by atoms with E-state index in [9.17, 15) is 4.79 Å². The van der Waals surface area contributed by atoms with Crippen molar-refractivity contribution in [1.82, 2.24) is 4.57 Å². The number of ether oxygens (including phenoxy) is 1. The first kappa shape index (κ1) is 16.8. The smallest absolute Gasteiger partial charge is 0.280 e. The van der Waals surface area contributed by atoms with Gasteiger partial charge in [-0.2, -0.15) is 4.99 Å². The monoisotopic (exact) mass is 358 g/mol. The van der Waals surface area contributed by atoms with E-state index in [4.69, 9.17) is 4.74 Å². The Morgan fingerprint density at radius 3 is 2.83 bits per heavy atom. The van der Waals surface area contributed by atoms with Crippen LogP contribution in [0.4, 0.5) is 0 Å². The topological polar surface area (TPSA) is 43.6 Å². The minimum absolute atomic E-state index is 0.216. The lowest BCUT2D eigenvalue weighted by molar-refractivity contribution is 0.0995. The second-order valence-corrected chi connectivity index (χ2v) is 6.98. The number of aryl methyl sites for hydroxylation is 1. The lowest BCUT2D eigenvalue weighted by Crippen LogP contribution is -2.13. The second-order valence-electron chi connectivity index (χ2n) is 5.12. The average Bonchev–Trinajstić information content (AvgIpc) is 2.90. The first-order valence-electron chi connectivity index (χ1n) is 7.58. The van der Waals surface area contributed by atoms with E-state index in [1.54, 1.807) is 11.8 Å². The number of hydrogen-bond acceptors (Lipinski definition) is 4. The average molecular weight is 358 g/mol. The minimum Gasteiger partial charge on any atom is -0.494 e. The van der Waals surface area contributed by atoms with Crippen LogP contribution >= 0.6 is 23.1 Å². The lowest BCUT2D eigenvalue weighted by Gasteiger charge is -2.02. The maximum Gasteiger partial charge on any atom is 0.280 e. The van der Waals surface area contributed by atoms with Crippen molar-refractivity contribution in [2.75, 3.05) is 12.9 Å². The van der Waals surface area contributed by atoms with Crippen molar-refractivity contribution in [2.45, 2.75) is 11.8 Å². The first-order valence-corrected chi connectivity index (χ1v) is 9.62. The maximum absolute atomic E-state index is 12.6. The van der Waals surface area contributed by atoms with E-state index < -0.39 is 0 Å². The highest BCUT2D eigenvalue weighted by Crippen LogP contribution is 2.23. The van der Waals surface area contributed by atoms with Gasteiger partial charge in [0.15, 0.2) is 4.80 Å². The number of benzene rings is 2. The number of thiazole rings is 1. The fourth-order valence-corrected chi connectivity index (χ4v) is 4.08. The molecule has 0 radical (unpaired) electrons. The number of amides is 1. The minimum atomic E-state index is -0.216. The predicted octanol–water partition coefficient (Wildman–Crippen LogP) is 4.10. The molecule has 0 saturated carbocycles. The van der Waals surface area contributed by atoms with Gasteiger partial charge in [0, 0.05) is 11.9 Å². The summed E-state index contributed by atoms with van der Waals surface area (Å²) in [6, 6.07) is 13.5. The summed E-state index contributed by atoms with van der Waals surface area (Å²) in [6.45, 7) is 2.59. The number of hydrogen-bond donors (Lipinski definition) is 0. The molecule has 1 heterocycles. The van der Waals surface area contributed by atoms with Gasteiger partial charge in [-0.25, -0.2) is 0 Å². The first-order chi connectivity index (χ1) is 11.6. The van der Waals surface area contributed by atoms with Crippen LogP contribution in [0, 0.1) is 0 Å². The van der Waals surface area contributed by atoms with E-state index in [0.29, 0.717) is 17.0 Å². The van der Waals surface area contributed by atoms with Crippen LogP contribution in [0.25, 0.3) is 10.2 Å². The van der Waals surface area contributed by atoms with Gasteiger partial charge in [0.25, 0.3) is 5.91 Å². The maximum atomic E-state index is 12.6. The molecule has 4 nitrogen and oxygen atoms in total. The van der Waals surface area contributed by atoms with Gasteiger partial charge in [0.2, 0.25) is 0 Å². The Balaban J connectivity index is 2.06. The van der Waals surface area contributed by atoms with Crippen LogP contribution in [-0.4, -0.2) is 23.3 Å². The molecule has 3 rings (SSSR count). The molecule has 3 aromatic rings. The van der Waals surface area contributed by atoms with E-state index in [0.717, 1.165) is 20.9 Å². The number of nitrogens with zero attached hydrogens (tertiary/aromatic N) is 2. The van der Waals surface area contributed by atoms with Gasteiger partial charge in [0.05, 0.1) is 22.4 Å². The highest BCUT2D eigenvalue weighted by Gasteiger charge is 2.11. The molecule has 0 saturated heterocycles. The normalized spacial score (nSPS) is 11.9. The SMILES string of the molecule is CCOc1ccc2c(c1)sc(=NC(=O)c1ccccc1SC)n2C. The molecule has 1 aromatic heterocycles. The summed E-state index contributed by atoms with van der Waals surface area (Å²) in [6.07, 6.45) is 1.96. The highest BCUT2D eigenvalue weighted by atomic mass is 32.2. The van der Waals surface area contributed by atoms with E-state index in [1.165, 1.54) is 11.3 Å². The van der Waals surface area contributed by atoms with Crippen LogP contribution in [0.15, 0.2) is 52.4 Å². The van der Waals surface area contributed by atoms with Gasteiger partial charge < -0.3 is 9.30 Å². The molecule has 0 N–H and O–H groups in total. The van der Waals surface area contributed by atoms with Crippen molar-refractivity contribution < 1.29 is 9.53 Å². The Labute approximate surface area is 148 Å². The zero-order chi connectivity index (χ0) is 17.1. The van der Waals surface area contributed by atoms with Crippen LogP contribution in [0.2, 0.25) is 0 Å². The van der Waals surface area contributed by atoms with Gasteiger partial charge >= 0.3 is 0 Å². The summed E-state index contributed by atoms with van der Waals surface area (Å²) in [4.78, 5) is 18.5. The largest absolute Gasteiger partial charge is 0.494 e. The number of carbonyl (C=O) groups is 1. The fourth-order valence-electron chi connectivity index (χ4n) is 2.45. The summed E-state index contributed by atoms with van der Waals surface area (Å²) < 4.78 is 8.53. The fraction of sp³-hybridized carbons (Fsp3) is 0.222. The molecule has 0 bridgehead atoms. The Hall–Kier alpha value is -2.05. The van der Waals surface area contributed by atoms with Crippen LogP contribution < -0.4 is 9.54 Å². The predicted molar refractivity (Wildman–Crippen MR) is 100 cm³/mol. The van der Waals surface area contributed by atoms with Gasteiger partial charge in [-0.1, -0.05) is 23.5 Å². The summed E-state index contributed by atoms with van der Waals surface area (Å²) in [5.41, 5.74) is 1.67. The molecular formula is C18H18N2O2S2. The summed E-state index contributed by atoms with van der Waals surface area (Å²) in [5, 5.41) is 0. The summed E-state index contributed by atoms with van der Waals surface area (Å²) in [5.74, 6) is 0.615. The molecule has 0 atom stereocenters. The molecule has 0 fully saturated rings. The van der Waals surface area contributed by atoms with Crippen molar-refractivity contribution in [3.63, 3.8) is 0 Å². The zero-order valence-corrected chi connectivity index (χ0v) is 15.4. The standard InChI is InChI=1S/C18H18N2O2S2/c1-4-22-12-9-10-14-16(11-12)24-18(20(14)2)19-17(21)13-7-5-6-8-15(13)23-3/h5-11H,4H2,1-3H3. The molecule has 0 aliphatic carbocycles.